The van der Waals surface area contributed by atoms with Crippen molar-refractivity contribution in [3.05, 3.63) is 18.1 Å². The first-order chi connectivity index (χ1) is 11.0. The third-order valence-corrected chi connectivity index (χ3v) is 4.06. The molecule has 0 amide bonds. The Hall–Kier alpha value is -1.90. The minimum Gasteiger partial charge on any atom is -0.366 e. The highest BCUT2D eigenvalue weighted by Gasteiger charge is 2.34. The highest BCUT2D eigenvalue weighted by atomic mass is 19.4. The van der Waals surface area contributed by atoms with E-state index in [-0.39, 0.29) is 17.6 Å². The first-order valence-corrected chi connectivity index (χ1v) is 7.74. The van der Waals surface area contributed by atoms with Crippen molar-refractivity contribution in [3.8, 4) is 0 Å². The van der Waals surface area contributed by atoms with Gasteiger partial charge >= 0.3 is 6.18 Å². The van der Waals surface area contributed by atoms with Crippen molar-refractivity contribution in [3.63, 3.8) is 0 Å². The van der Waals surface area contributed by atoms with Crippen LogP contribution in [0.5, 0.6) is 0 Å². The molecule has 6 nitrogen and oxygen atoms in total. The van der Waals surface area contributed by atoms with E-state index >= 15 is 0 Å². The van der Waals surface area contributed by atoms with Gasteiger partial charge < -0.3 is 10.2 Å². The maximum Gasteiger partial charge on any atom is 0.433 e. The maximum absolute atomic E-state index is 13.0. The Morgan fingerprint density at radius 1 is 1.30 bits per heavy atom. The lowest BCUT2D eigenvalue weighted by Crippen LogP contribution is -2.35. The lowest BCUT2D eigenvalue weighted by Gasteiger charge is -2.24. The Morgan fingerprint density at radius 3 is 2.70 bits per heavy atom. The van der Waals surface area contributed by atoms with E-state index in [1.165, 1.54) is 23.7 Å². The molecule has 1 aliphatic heterocycles. The molecule has 3 rings (SSSR count). The largest absolute Gasteiger partial charge is 0.433 e. The van der Waals surface area contributed by atoms with Gasteiger partial charge in [-0.3, -0.25) is 0 Å². The molecule has 0 radical (unpaired) electrons. The lowest BCUT2D eigenvalue weighted by molar-refractivity contribution is -0.141. The summed E-state index contributed by atoms with van der Waals surface area (Å²) in [5, 5.41) is 7.14. The van der Waals surface area contributed by atoms with Gasteiger partial charge in [-0.25, -0.2) is 4.98 Å². The number of alkyl halides is 3. The summed E-state index contributed by atoms with van der Waals surface area (Å²) in [4.78, 5) is 9.62. The van der Waals surface area contributed by atoms with Crippen LogP contribution in [0.25, 0.3) is 5.78 Å². The minimum absolute atomic E-state index is 0.0454. The van der Waals surface area contributed by atoms with Crippen LogP contribution in [0.2, 0.25) is 0 Å². The molecule has 1 saturated heterocycles. The molecule has 126 valence electrons. The molecule has 0 aliphatic carbocycles. The number of anilines is 1. The molecule has 0 saturated carbocycles. The van der Waals surface area contributed by atoms with Crippen LogP contribution in [-0.2, 0) is 6.18 Å². The average Bonchev–Trinajstić information content (AvgIpc) is 3.16. The summed E-state index contributed by atoms with van der Waals surface area (Å²) < 4.78 is 40.3. The topological polar surface area (TPSA) is 58.3 Å². The van der Waals surface area contributed by atoms with Crippen molar-refractivity contribution < 1.29 is 13.2 Å². The number of aromatic nitrogens is 4. The lowest BCUT2D eigenvalue weighted by atomic mass is 10.2. The van der Waals surface area contributed by atoms with Crippen LogP contribution in [0.1, 0.15) is 31.9 Å². The summed E-state index contributed by atoms with van der Waals surface area (Å²) in [5.74, 6) is 0.212. The molecule has 0 aromatic carbocycles. The molecular formula is C14H19F3N6. The standard InChI is InChI=1S/C14H19F3N6/c1-2-10(8-22-5-3-4-6-22)20-12-7-11(14(15,16)17)21-13-18-9-19-23(12)13/h7,9-10,20H,2-6,8H2,1H3. The molecule has 2 aromatic rings. The van der Waals surface area contributed by atoms with Gasteiger partial charge in [0, 0.05) is 18.7 Å². The fourth-order valence-corrected chi connectivity index (χ4v) is 2.82. The first kappa shape index (κ1) is 16.0. The summed E-state index contributed by atoms with van der Waals surface area (Å²) >= 11 is 0. The molecule has 1 N–H and O–H groups in total. The van der Waals surface area contributed by atoms with Crippen LogP contribution < -0.4 is 5.32 Å². The molecule has 1 atom stereocenters. The number of hydrogen-bond donors (Lipinski definition) is 1. The van der Waals surface area contributed by atoms with E-state index in [1.54, 1.807) is 0 Å². The third kappa shape index (κ3) is 3.54. The normalized spacial score (nSPS) is 17.7. The summed E-state index contributed by atoms with van der Waals surface area (Å²) in [7, 11) is 0. The minimum atomic E-state index is -4.51. The Kier molecular flexibility index (Phi) is 4.38. The van der Waals surface area contributed by atoms with Gasteiger partial charge in [0.1, 0.15) is 12.1 Å². The van der Waals surface area contributed by atoms with Crippen LogP contribution in [0, 0.1) is 0 Å². The van der Waals surface area contributed by atoms with Gasteiger partial charge in [-0.15, -0.1) is 0 Å². The second-order valence-corrected chi connectivity index (χ2v) is 5.75. The first-order valence-electron chi connectivity index (χ1n) is 7.74. The van der Waals surface area contributed by atoms with Crippen molar-refractivity contribution in [2.24, 2.45) is 0 Å². The Balaban J connectivity index is 1.86. The van der Waals surface area contributed by atoms with Crippen molar-refractivity contribution in [2.75, 3.05) is 25.0 Å². The van der Waals surface area contributed by atoms with E-state index < -0.39 is 11.9 Å². The molecule has 23 heavy (non-hydrogen) atoms. The molecule has 1 fully saturated rings. The predicted octanol–water partition coefficient (Wildman–Crippen LogP) is 2.43. The zero-order valence-corrected chi connectivity index (χ0v) is 12.8. The fraction of sp³-hybridized carbons (Fsp3) is 0.643. The quantitative estimate of drug-likeness (QED) is 0.913. The molecule has 3 heterocycles. The monoisotopic (exact) mass is 328 g/mol. The molecule has 1 unspecified atom stereocenters. The number of fused-ring (bicyclic) bond motifs is 1. The van der Waals surface area contributed by atoms with E-state index in [2.05, 4.69) is 25.3 Å². The van der Waals surface area contributed by atoms with Crippen LogP contribution in [-0.4, -0.2) is 50.2 Å². The van der Waals surface area contributed by atoms with Gasteiger partial charge in [0.2, 0.25) is 0 Å². The Labute approximate surface area is 131 Å². The van der Waals surface area contributed by atoms with Gasteiger partial charge in [0.15, 0.2) is 5.69 Å². The van der Waals surface area contributed by atoms with Crippen LogP contribution in [0.15, 0.2) is 12.4 Å². The number of nitrogens with one attached hydrogen (secondary N) is 1. The van der Waals surface area contributed by atoms with Crippen molar-refractivity contribution in [1.82, 2.24) is 24.5 Å². The van der Waals surface area contributed by atoms with Gasteiger partial charge in [-0.2, -0.15) is 27.8 Å². The van der Waals surface area contributed by atoms with Crippen LogP contribution in [0.3, 0.4) is 0 Å². The second kappa shape index (κ2) is 6.31. The van der Waals surface area contributed by atoms with Crippen molar-refractivity contribution in [1.29, 1.82) is 0 Å². The SMILES string of the molecule is CCC(CN1CCCC1)Nc1cc(C(F)(F)F)nc2ncnn12. The summed E-state index contributed by atoms with van der Waals surface area (Å²) in [6, 6.07) is 1.04. The molecule has 1 aliphatic rings. The maximum atomic E-state index is 13.0. The van der Waals surface area contributed by atoms with E-state index in [0.29, 0.717) is 0 Å². The van der Waals surface area contributed by atoms with E-state index in [9.17, 15) is 13.2 Å². The van der Waals surface area contributed by atoms with E-state index in [0.717, 1.165) is 32.1 Å². The number of hydrogen-bond acceptors (Lipinski definition) is 5. The molecule has 0 bridgehead atoms. The number of halogens is 3. The van der Waals surface area contributed by atoms with Gasteiger partial charge in [0.25, 0.3) is 5.78 Å². The number of nitrogens with zero attached hydrogens (tertiary/aromatic N) is 5. The molecule has 0 spiro atoms. The fourth-order valence-electron chi connectivity index (χ4n) is 2.82. The summed E-state index contributed by atoms with van der Waals surface area (Å²) in [6.07, 6.45) is -0.152. The Bertz CT molecular complexity index is 662. The number of rotatable bonds is 5. The highest BCUT2D eigenvalue weighted by molar-refractivity contribution is 5.46. The Morgan fingerprint density at radius 2 is 2.04 bits per heavy atom. The summed E-state index contributed by atoms with van der Waals surface area (Å²) in [6.45, 7) is 4.90. The molecular weight excluding hydrogens is 309 g/mol. The molecule has 9 heteroatoms. The van der Waals surface area contributed by atoms with Crippen LogP contribution in [0.4, 0.5) is 19.0 Å². The van der Waals surface area contributed by atoms with Gasteiger partial charge in [-0.1, -0.05) is 6.92 Å². The van der Waals surface area contributed by atoms with Gasteiger partial charge in [0.05, 0.1) is 0 Å². The van der Waals surface area contributed by atoms with Gasteiger partial charge in [-0.05, 0) is 32.4 Å². The van der Waals surface area contributed by atoms with Crippen molar-refractivity contribution >= 4 is 11.6 Å². The van der Waals surface area contributed by atoms with Crippen LogP contribution >= 0.6 is 0 Å². The predicted molar refractivity (Wildman–Crippen MR) is 79.2 cm³/mol. The van der Waals surface area contributed by atoms with Crippen molar-refractivity contribution in [2.45, 2.75) is 38.4 Å². The smallest absolute Gasteiger partial charge is 0.366 e. The number of likely N-dealkylation sites (tertiary alicyclic amines) is 1. The second-order valence-electron chi connectivity index (χ2n) is 5.75. The molecule has 2 aromatic heterocycles. The summed E-state index contributed by atoms with van der Waals surface area (Å²) in [5.41, 5.74) is -0.962. The zero-order valence-electron chi connectivity index (χ0n) is 12.8. The average molecular weight is 328 g/mol. The van der Waals surface area contributed by atoms with E-state index in [4.69, 9.17) is 0 Å². The third-order valence-electron chi connectivity index (χ3n) is 4.06. The highest BCUT2D eigenvalue weighted by Crippen LogP contribution is 2.29. The zero-order chi connectivity index (χ0) is 16.4. The van der Waals surface area contributed by atoms with E-state index in [1.807, 2.05) is 6.92 Å².